The lowest BCUT2D eigenvalue weighted by molar-refractivity contribution is 0.0215. The maximum absolute atomic E-state index is 5.73. The molecule has 0 N–H and O–H groups in total. The van der Waals surface area contributed by atoms with Gasteiger partial charge in [-0.3, -0.25) is 9.89 Å². The van der Waals surface area contributed by atoms with Gasteiger partial charge in [0, 0.05) is 23.7 Å². The zero-order chi connectivity index (χ0) is 24.4. The van der Waals surface area contributed by atoms with E-state index in [4.69, 9.17) is 9.73 Å². The van der Waals surface area contributed by atoms with Crippen LogP contribution < -0.4 is 4.74 Å². The van der Waals surface area contributed by atoms with Gasteiger partial charge in [-0.2, -0.15) is 0 Å². The van der Waals surface area contributed by atoms with Crippen LogP contribution in [0.15, 0.2) is 83.9 Å². The van der Waals surface area contributed by atoms with E-state index in [0.29, 0.717) is 17.9 Å². The molecule has 0 saturated carbocycles. The summed E-state index contributed by atoms with van der Waals surface area (Å²) in [4.78, 5) is 8.08. The minimum absolute atomic E-state index is 0.0821. The van der Waals surface area contributed by atoms with Gasteiger partial charge in [0.15, 0.2) is 0 Å². The summed E-state index contributed by atoms with van der Waals surface area (Å²) in [6.07, 6.45) is 4.56. The summed E-state index contributed by atoms with van der Waals surface area (Å²) < 4.78 is 5.73. The van der Waals surface area contributed by atoms with E-state index < -0.39 is 0 Å². The summed E-state index contributed by atoms with van der Waals surface area (Å²) >= 11 is 0. The minimum Gasteiger partial charge on any atom is -0.496 e. The first-order valence-electron chi connectivity index (χ1n) is 13.0. The van der Waals surface area contributed by atoms with Crippen LogP contribution in [-0.2, 0) is 5.41 Å². The van der Waals surface area contributed by atoms with Gasteiger partial charge in [-0.05, 0) is 66.1 Å². The Morgan fingerprint density at radius 2 is 1.49 bits per heavy atom. The van der Waals surface area contributed by atoms with Crippen molar-refractivity contribution in [3.05, 3.63) is 101 Å². The molecule has 0 aromatic heterocycles. The molecule has 2 atom stereocenters. The molecular weight excluding hydrogens is 428 g/mol. The Kier molecular flexibility index (Phi) is 6.80. The molecule has 3 aromatic rings. The number of hydrogen-bond donors (Lipinski definition) is 0. The lowest BCUT2D eigenvalue weighted by atomic mass is 9.71. The van der Waals surface area contributed by atoms with Crippen molar-refractivity contribution in [3.63, 3.8) is 0 Å². The molecule has 3 heteroatoms. The highest BCUT2D eigenvalue weighted by Gasteiger charge is 2.46. The molecule has 3 nitrogen and oxygen atoms in total. The molecule has 6 rings (SSSR count). The standard InChI is InChI=1S/C32H38N2O/c1-32(2,3)27-15-16-28(35-4)26(21-27)22-33-30-25-17-19-34(20-18-25)31(30)29(23-11-7-5-8-12-23)24-13-9-6-10-14-24/h5-16,21-22,25,29-31H,17-20H2,1-4H3/b33-22+/t30-,31-/m0/s1. The SMILES string of the molecule is COc1ccc(C(C)(C)C)cc1/C=N/[C@H]1C2CCN(CC2)[C@H]1C(c1ccccc1)c1ccccc1. The first-order chi connectivity index (χ1) is 17.0. The molecule has 3 fully saturated rings. The lowest BCUT2D eigenvalue weighted by Crippen LogP contribution is -2.59. The minimum atomic E-state index is 0.0821. The third-order valence-corrected chi connectivity index (χ3v) is 7.97. The van der Waals surface area contributed by atoms with E-state index in [9.17, 15) is 0 Å². The topological polar surface area (TPSA) is 24.8 Å². The molecule has 35 heavy (non-hydrogen) atoms. The average Bonchev–Trinajstić information content (AvgIpc) is 2.89. The Hall–Kier alpha value is -2.91. The first kappa shape index (κ1) is 23.8. The number of hydrogen-bond acceptors (Lipinski definition) is 3. The van der Waals surface area contributed by atoms with Crippen LogP contribution >= 0.6 is 0 Å². The van der Waals surface area contributed by atoms with Crippen molar-refractivity contribution in [1.82, 2.24) is 4.90 Å². The molecule has 0 aliphatic carbocycles. The lowest BCUT2D eigenvalue weighted by Gasteiger charge is -2.52. The van der Waals surface area contributed by atoms with Crippen molar-refractivity contribution in [2.75, 3.05) is 20.2 Å². The molecule has 0 amide bonds. The summed E-state index contributed by atoms with van der Waals surface area (Å²) in [5.41, 5.74) is 5.22. The number of rotatable bonds is 6. The van der Waals surface area contributed by atoms with Crippen molar-refractivity contribution < 1.29 is 4.74 Å². The Labute approximate surface area is 210 Å². The second kappa shape index (κ2) is 9.99. The molecule has 3 aliphatic rings. The monoisotopic (exact) mass is 466 g/mol. The van der Waals surface area contributed by atoms with Crippen molar-refractivity contribution in [3.8, 4) is 5.75 Å². The van der Waals surface area contributed by atoms with Crippen LogP contribution in [0.3, 0.4) is 0 Å². The van der Waals surface area contributed by atoms with E-state index in [1.165, 1.54) is 42.6 Å². The normalized spacial score (nSPS) is 24.3. The maximum atomic E-state index is 5.73. The molecule has 3 aromatic carbocycles. The van der Waals surface area contributed by atoms with E-state index in [2.05, 4.69) is 111 Å². The van der Waals surface area contributed by atoms with Gasteiger partial charge in [-0.25, -0.2) is 0 Å². The Morgan fingerprint density at radius 3 is 2.03 bits per heavy atom. The Morgan fingerprint density at radius 1 is 0.886 bits per heavy atom. The van der Waals surface area contributed by atoms with Crippen molar-refractivity contribution in [1.29, 1.82) is 0 Å². The number of aliphatic imine (C=N–C) groups is 1. The van der Waals surface area contributed by atoms with Gasteiger partial charge >= 0.3 is 0 Å². The van der Waals surface area contributed by atoms with Gasteiger partial charge in [0.25, 0.3) is 0 Å². The fraction of sp³-hybridized carbons (Fsp3) is 0.406. The largest absolute Gasteiger partial charge is 0.496 e. The highest BCUT2D eigenvalue weighted by atomic mass is 16.5. The summed E-state index contributed by atoms with van der Waals surface area (Å²) in [5.74, 6) is 1.81. The third kappa shape index (κ3) is 4.92. The van der Waals surface area contributed by atoms with Crippen LogP contribution in [0.25, 0.3) is 0 Å². The summed E-state index contributed by atoms with van der Waals surface area (Å²) in [7, 11) is 1.75. The smallest absolute Gasteiger partial charge is 0.127 e. The van der Waals surface area contributed by atoms with Gasteiger partial charge in [0.05, 0.1) is 13.2 Å². The Balaban J connectivity index is 1.56. The van der Waals surface area contributed by atoms with Crippen molar-refractivity contribution in [2.45, 2.75) is 57.0 Å². The van der Waals surface area contributed by atoms with Crippen LogP contribution in [0.2, 0.25) is 0 Å². The van der Waals surface area contributed by atoms with E-state index in [-0.39, 0.29) is 11.5 Å². The molecule has 0 unspecified atom stereocenters. The summed E-state index contributed by atoms with van der Waals surface area (Å²) in [5, 5.41) is 0. The maximum Gasteiger partial charge on any atom is 0.127 e. The molecule has 182 valence electrons. The number of fused-ring (bicyclic) bond motifs is 3. The van der Waals surface area contributed by atoms with Crippen LogP contribution in [0.1, 0.15) is 61.8 Å². The highest BCUT2D eigenvalue weighted by molar-refractivity contribution is 5.84. The molecular formula is C32H38N2O. The summed E-state index contributed by atoms with van der Waals surface area (Å²) in [6, 6.07) is 29.2. The number of benzene rings is 3. The molecule has 0 spiro atoms. The fourth-order valence-electron chi connectivity index (χ4n) is 6.05. The van der Waals surface area contributed by atoms with E-state index in [0.717, 1.165) is 11.3 Å². The zero-order valence-corrected chi connectivity index (χ0v) is 21.5. The number of nitrogens with zero attached hydrogens (tertiary/aromatic N) is 2. The van der Waals surface area contributed by atoms with Gasteiger partial charge in [0.1, 0.15) is 5.75 Å². The third-order valence-electron chi connectivity index (χ3n) is 7.97. The fourth-order valence-corrected chi connectivity index (χ4v) is 6.05. The average molecular weight is 467 g/mol. The first-order valence-corrected chi connectivity index (χ1v) is 13.0. The van der Waals surface area contributed by atoms with E-state index >= 15 is 0 Å². The van der Waals surface area contributed by atoms with Gasteiger partial charge in [0.2, 0.25) is 0 Å². The van der Waals surface area contributed by atoms with Crippen LogP contribution in [0.5, 0.6) is 5.75 Å². The highest BCUT2D eigenvalue weighted by Crippen LogP contribution is 2.43. The van der Waals surface area contributed by atoms with Crippen molar-refractivity contribution in [2.24, 2.45) is 10.9 Å². The van der Waals surface area contributed by atoms with Gasteiger partial charge in [-0.15, -0.1) is 0 Å². The number of ether oxygens (including phenoxy) is 1. The zero-order valence-electron chi connectivity index (χ0n) is 21.5. The van der Waals surface area contributed by atoms with Gasteiger partial charge in [-0.1, -0.05) is 87.5 Å². The van der Waals surface area contributed by atoms with Gasteiger partial charge < -0.3 is 4.74 Å². The molecule has 0 radical (unpaired) electrons. The van der Waals surface area contributed by atoms with E-state index in [1.807, 2.05) is 0 Å². The van der Waals surface area contributed by atoms with E-state index in [1.54, 1.807) is 7.11 Å². The number of piperidine rings is 3. The molecule has 3 saturated heterocycles. The quantitative estimate of drug-likeness (QED) is 0.377. The van der Waals surface area contributed by atoms with Crippen LogP contribution in [-0.4, -0.2) is 43.4 Å². The molecule has 3 heterocycles. The molecule has 2 bridgehead atoms. The summed E-state index contributed by atoms with van der Waals surface area (Å²) in [6.45, 7) is 9.09. The Bertz CT molecular complexity index is 1100. The molecule has 3 aliphatic heterocycles. The predicted molar refractivity (Wildman–Crippen MR) is 146 cm³/mol. The van der Waals surface area contributed by atoms with Crippen LogP contribution in [0.4, 0.5) is 0 Å². The van der Waals surface area contributed by atoms with Crippen molar-refractivity contribution >= 4 is 6.21 Å². The second-order valence-electron chi connectivity index (χ2n) is 11.1. The second-order valence-corrected chi connectivity index (χ2v) is 11.1. The van der Waals surface area contributed by atoms with Crippen LogP contribution in [0, 0.1) is 5.92 Å². The number of methoxy groups -OCH3 is 1. The predicted octanol–water partition coefficient (Wildman–Crippen LogP) is 6.71.